The predicted octanol–water partition coefficient (Wildman–Crippen LogP) is 2.23. The lowest BCUT2D eigenvalue weighted by Crippen LogP contribution is -2.05. The zero-order chi connectivity index (χ0) is 12.4. The lowest BCUT2D eigenvalue weighted by atomic mass is 9.99. The molecule has 0 atom stereocenters. The van der Waals surface area contributed by atoms with Gasteiger partial charge in [0.25, 0.3) is 0 Å². The first kappa shape index (κ1) is 11.7. The van der Waals surface area contributed by atoms with E-state index in [-0.39, 0.29) is 5.78 Å². The second-order valence-electron chi connectivity index (χ2n) is 4.26. The largest absolute Gasteiger partial charge is 0.341 e. The SMILES string of the molecule is BCC(=O)c1cc(C)c(-c2ccccc2)n1C. The van der Waals surface area contributed by atoms with Crippen molar-refractivity contribution in [2.45, 2.75) is 13.2 Å². The van der Waals surface area contributed by atoms with Crippen LogP contribution >= 0.6 is 0 Å². The van der Waals surface area contributed by atoms with Gasteiger partial charge in [-0.1, -0.05) is 30.3 Å². The van der Waals surface area contributed by atoms with E-state index in [1.54, 1.807) is 0 Å². The molecule has 0 N–H and O–H groups in total. The van der Waals surface area contributed by atoms with Crippen molar-refractivity contribution in [3.63, 3.8) is 0 Å². The highest BCUT2D eigenvalue weighted by molar-refractivity contribution is 6.23. The summed E-state index contributed by atoms with van der Waals surface area (Å²) in [7, 11) is 3.85. The summed E-state index contributed by atoms with van der Waals surface area (Å²) in [5.74, 6) is 0.192. The molecule has 0 unspecified atom stereocenters. The molecule has 1 heterocycles. The van der Waals surface area contributed by atoms with Crippen LogP contribution < -0.4 is 0 Å². The number of hydrogen-bond donors (Lipinski definition) is 0. The molecular weight excluding hydrogens is 209 g/mol. The molecule has 0 bridgehead atoms. The molecule has 0 aliphatic carbocycles. The van der Waals surface area contributed by atoms with Crippen molar-refractivity contribution in [1.29, 1.82) is 0 Å². The Labute approximate surface area is 103 Å². The summed E-state index contributed by atoms with van der Waals surface area (Å²) in [6.45, 7) is 2.05. The molecule has 2 aromatic rings. The Balaban J connectivity index is 2.57. The van der Waals surface area contributed by atoms with E-state index in [1.165, 1.54) is 0 Å². The Morgan fingerprint density at radius 1 is 1.29 bits per heavy atom. The number of carbonyl (C=O) groups excluding carboxylic acids is 1. The molecule has 0 fully saturated rings. The fourth-order valence-corrected chi connectivity index (χ4v) is 2.22. The second kappa shape index (κ2) is 4.62. The third-order valence-corrected chi connectivity index (χ3v) is 3.08. The number of rotatable bonds is 3. The Hall–Kier alpha value is -1.77. The van der Waals surface area contributed by atoms with E-state index in [0.717, 1.165) is 22.5 Å². The molecule has 0 saturated carbocycles. The topological polar surface area (TPSA) is 22.0 Å². The Morgan fingerprint density at radius 2 is 1.94 bits per heavy atom. The molecule has 0 spiro atoms. The summed E-state index contributed by atoms with van der Waals surface area (Å²) in [5, 5.41) is 0. The summed E-state index contributed by atoms with van der Waals surface area (Å²) >= 11 is 0. The van der Waals surface area contributed by atoms with Crippen LogP contribution in [0.4, 0.5) is 0 Å². The first-order valence-electron chi connectivity index (χ1n) is 5.90. The number of hydrogen-bond acceptors (Lipinski definition) is 1. The maximum Gasteiger partial charge on any atom is 0.171 e. The van der Waals surface area contributed by atoms with E-state index < -0.39 is 0 Å². The molecule has 0 amide bonds. The first-order valence-corrected chi connectivity index (χ1v) is 5.90. The van der Waals surface area contributed by atoms with Crippen molar-refractivity contribution in [2.24, 2.45) is 7.05 Å². The number of carbonyl (C=O) groups is 1. The minimum absolute atomic E-state index is 0.192. The van der Waals surface area contributed by atoms with Gasteiger partial charge in [-0.15, -0.1) is 0 Å². The van der Waals surface area contributed by atoms with Crippen LogP contribution in [0.2, 0.25) is 6.32 Å². The minimum Gasteiger partial charge on any atom is -0.341 e. The number of ketones is 1. The monoisotopic (exact) mass is 225 g/mol. The molecule has 0 radical (unpaired) electrons. The highest BCUT2D eigenvalue weighted by Crippen LogP contribution is 2.26. The van der Waals surface area contributed by atoms with Crippen molar-refractivity contribution >= 4 is 13.6 Å². The van der Waals surface area contributed by atoms with Crippen LogP contribution in [0.15, 0.2) is 36.4 Å². The van der Waals surface area contributed by atoms with Crippen LogP contribution in [0.1, 0.15) is 16.1 Å². The molecule has 2 rings (SSSR count). The predicted molar refractivity (Wildman–Crippen MR) is 73.3 cm³/mol. The van der Waals surface area contributed by atoms with Gasteiger partial charge in [0.15, 0.2) is 5.78 Å². The smallest absolute Gasteiger partial charge is 0.171 e. The lowest BCUT2D eigenvalue weighted by Gasteiger charge is -2.07. The van der Waals surface area contributed by atoms with Crippen molar-refractivity contribution in [3.05, 3.63) is 47.7 Å². The van der Waals surface area contributed by atoms with Crippen LogP contribution in [0.5, 0.6) is 0 Å². The molecule has 17 heavy (non-hydrogen) atoms. The fourth-order valence-electron chi connectivity index (χ4n) is 2.22. The molecule has 3 heteroatoms. The standard InChI is InChI=1S/C14H16BNO/c1-10-8-12(13(17)9-15)16(2)14(10)11-6-4-3-5-7-11/h3-8H,9,15H2,1-2H3. The van der Waals surface area contributed by atoms with Gasteiger partial charge in [-0.2, -0.15) is 0 Å². The number of nitrogens with zero attached hydrogens (tertiary/aromatic N) is 1. The average Bonchev–Trinajstić information content (AvgIpc) is 2.65. The maximum absolute atomic E-state index is 11.8. The van der Waals surface area contributed by atoms with Crippen LogP contribution in [0.25, 0.3) is 11.3 Å². The molecule has 0 aliphatic heterocycles. The molecule has 1 aromatic carbocycles. The van der Waals surface area contributed by atoms with Gasteiger partial charge < -0.3 is 4.57 Å². The van der Waals surface area contributed by atoms with Gasteiger partial charge in [-0.3, -0.25) is 4.79 Å². The van der Waals surface area contributed by atoms with Crippen molar-refractivity contribution in [3.8, 4) is 11.3 Å². The van der Waals surface area contributed by atoms with Gasteiger partial charge in [0.1, 0.15) is 7.85 Å². The summed E-state index contributed by atoms with van der Waals surface area (Å²) in [6.07, 6.45) is 0.547. The van der Waals surface area contributed by atoms with Gasteiger partial charge in [0.2, 0.25) is 0 Å². The van der Waals surface area contributed by atoms with Crippen molar-refractivity contribution in [2.75, 3.05) is 0 Å². The van der Waals surface area contributed by atoms with Gasteiger partial charge in [-0.25, -0.2) is 0 Å². The Kier molecular flexibility index (Phi) is 3.18. The van der Waals surface area contributed by atoms with Crippen LogP contribution in [-0.2, 0) is 7.05 Å². The molecule has 0 saturated heterocycles. The maximum atomic E-state index is 11.8. The average molecular weight is 225 g/mol. The van der Waals surface area contributed by atoms with Crippen molar-refractivity contribution < 1.29 is 4.79 Å². The Morgan fingerprint density at radius 3 is 2.53 bits per heavy atom. The van der Waals surface area contributed by atoms with Gasteiger partial charge in [0.05, 0.1) is 11.4 Å². The van der Waals surface area contributed by atoms with E-state index in [2.05, 4.69) is 19.1 Å². The van der Waals surface area contributed by atoms with Crippen LogP contribution in [-0.4, -0.2) is 18.2 Å². The Bertz CT molecular complexity index is 543. The van der Waals surface area contributed by atoms with E-state index in [0.29, 0.717) is 6.32 Å². The van der Waals surface area contributed by atoms with E-state index in [9.17, 15) is 4.79 Å². The lowest BCUT2D eigenvalue weighted by molar-refractivity contribution is 0.101. The third-order valence-electron chi connectivity index (χ3n) is 3.08. The quantitative estimate of drug-likeness (QED) is 0.580. The third kappa shape index (κ3) is 2.05. The van der Waals surface area contributed by atoms with Crippen molar-refractivity contribution in [1.82, 2.24) is 4.57 Å². The zero-order valence-corrected chi connectivity index (χ0v) is 10.5. The second-order valence-corrected chi connectivity index (χ2v) is 4.26. The van der Waals surface area contributed by atoms with E-state index >= 15 is 0 Å². The highest BCUT2D eigenvalue weighted by Gasteiger charge is 2.15. The summed E-state index contributed by atoms with van der Waals surface area (Å²) < 4.78 is 2.00. The molecular formula is C14H16BNO. The number of Topliss-reactive ketones (excluding diaryl/α,β-unsaturated/α-hetero) is 1. The first-order chi connectivity index (χ1) is 8.15. The molecule has 86 valence electrons. The summed E-state index contributed by atoms with van der Waals surface area (Å²) in [4.78, 5) is 11.8. The summed E-state index contributed by atoms with van der Waals surface area (Å²) in [5.41, 5.74) is 4.23. The normalized spacial score (nSPS) is 10.5. The number of aromatic nitrogens is 1. The number of aryl methyl sites for hydroxylation is 1. The molecule has 2 nitrogen and oxygen atoms in total. The van der Waals surface area contributed by atoms with Crippen LogP contribution in [0, 0.1) is 6.92 Å². The zero-order valence-electron chi connectivity index (χ0n) is 10.5. The van der Waals surface area contributed by atoms with Gasteiger partial charge in [-0.05, 0) is 30.4 Å². The summed E-state index contributed by atoms with van der Waals surface area (Å²) in [6, 6.07) is 12.2. The molecule has 0 aliphatic rings. The number of benzene rings is 1. The van der Waals surface area contributed by atoms with Gasteiger partial charge >= 0.3 is 0 Å². The van der Waals surface area contributed by atoms with Crippen LogP contribution in [0.3, 0.4) is 0 Å². The highest BCUT2D eigenvalue weighted by atomic mass is 16.1. The fraction of sp³-hybridized carbons (Fsp3) is 0.214. The minimum atomic E-state index is 0.192. The van der Waals surface area contributed by atoms with E-state index in [1.807, 2.05) is 43.7 Å². The van der Waals surface area contributed by atoms with E-state index in [4.69, 9.17) is 0 Å². The van der Waals surface area contributed by atoms with Gasteiger partial charge in [0, 0.05) is 7.05 Å². The molecule has 1 aromatic heterocycles.